The van der Waals surface area contributed by atoms with Crippen LogP contribution in [0, 0.1) is 11.3 Å². The van der Waals surface area contributed by atoms with Gasteiger partial charge in [0.15, 0.2) is 0 Å². The van der Waals surface area contributed by atoms with E-state index in [0.29, 0.717) is 12.5 Å². The molecule has 1 saturated heterocycles. The summed E-state index contributed by atoms with van der Waals surface area (Å²) in [6, 6.07) is 8.21. The predicted molar refractivity (Wildman–Crippen MR) is 74.2 cm³/mol. The van der Waals surface area contributed by atoms with Gasteiger partial charge in [0.25, 0.3) is 0 Å². The van der Waals surface area contributed by atoms with Crippen molar-refractivity contribution >= 4 is 5.69 Å². The van der Waals surface area contributed by atoms with Crippen molar-refractivity contribution in [1.29, 1.82) is 0 Å². The van der Waals surface area contributed by atoms with E-state index in [0.717, 1.165) is 25.3 Å². The van der Waals surface area contributed by atoms with Gasteiger partial charge in [0, 0.05) is 25.4 Å². The summed E-state index contributed by atoms with van der Waals surface area (Å²) < 4.78 is 5.18. The molecule has 1 aliphatic rings. The number of anilines is 1. The van der Waals surface area contributed by atoms with Crippen molar-refractivity contribution in [2.24, 2.45) is 11.3 Å². The number of methoxy groups -OCH3 is 1. The summed E-state index contributed by atoms with van der Waals surface area (Å²) in [5, 5.41) is 9.42. The van der Waals surface area contributed by atoms with E-state index in [-0.39, 0.29) is 5.41 Å². The molecule has 2 rings (SSSR count). The lowest BCUT2D eigenvalue weighted by molar-refractivity contribution is 0.0972. The van der Waals surface area contributed by atoms with Crippen LogP contribution in [-0.4, -0.2) is 31.9 Å². The maximum atomic E-state index is 9.42. The van der Waals surface area contributed by atoms with E-state index in [1.54, 1.807) is 7.11 Å². The number of piperidine rings is 1. The van der Waals surface area contributed by atoms with Crippen LogP contribution in [0.15, 0.2) is 24.3 Å². The molecule has 18 heavy (non-hydrogen) atoms. The molecule has 3 heteroatoms. The van der Waals surface area contributed by atoms with Gasteiger partial charge in [-0.05, 0) is 42.0 Å². The van der Waals surface area contributed by atoms with Gasteiger partial charge in [-0.2, -0.15) is 0 Å². The maximum absolute atomic E-state index is 9.42. The van der Waals surface area contributed by atoms with Gasteiger partial charge in [-0.3, -0.25) is 0 Å². The summed E-state index contributed by atoms with van der Waals surface area (Å²) in [6.45, 7) is 6.78. The van der Waals surface area contributed by atoms with Crippen LogP contribution >= 0.6 is 0 Å². The van der Waals surface area contributed by atoms with Gasteiger partial charge in [-0.1, -0.05) is 13.8 Å². The molecule has 0 saturated carbocycles. The van der Waals surface area contributed by atoms with Gasteiger partial charge >= 0.3 is 0 Å². The zero-order valence-corrected chi connectivity index (χ0v) is 11.5. The molecule has 1 aromatic carbocycles. The Balaban J connectivity index is 2.10. The summed E-state index contributed by atoms with van der Waals surface area (Å²) in [7, 11) is 1.69. The van der Waals surface area contributed by atoms with E-state index in [9.17, 15) is 5.11 Å². The molecule has 0 spiro atoms. The van der Waals surface area contributed by atoms with Gasteiger partial charge in [0.2, 0.25) is 0 Å². The molecule has 100 valence electrons. The Hall–Kier alpha value is -1.22. The summed E-state index contributed by atoms with van der Waals surface area (Å²) in [5.74, 6) is 1.30. The second-order valence-electron chi connectivity index (χ2n) is 5.78. The van der Waals surface area contributed by atoms with Crippen molar-refractivity contribution in [2.45, 2.75) is 20.3 Å². The lowest BCUT2D eigenvalue weighted by atomic mass is 9.74. The van der Waals surface area contributed by atoms with Crippen LogP contribution in [0.1, 0.15) is 20.3 Å². The highest BCUT2D eigenvalue weighted by Gasteiger charge is 2.35. The fraction of sp³-hybridized carbons (Fsp3) is 0.600. The monoisotopic (exact) mass is 249 g/mol. The molecule has 1 heterocycles. The van der Waals surface area contributed by atoms with E-state index in [4.69, 9.17) is 4.74 Å². The molecule has 1 atom stereocenters. The first kappa shape index (κ1) is 13.2. The van der Waals surface area contributed by atoms with Crippen molar-refractivity contribution in [3.8, 4) is 5.75 Å². The van der Waals surface area contributed by atoms with Gasteiger partial charge in [-0.25, -0.2) is 0 Å². The summed E-state index contributed by atoms with van der Waals surface area (Å²) in [5.41, 5.74) is 1.40. The van der Waals surface area contributed by atoms with Crippen LogP contribution in [0.2, 0.25) is 0 Å². The van der Waals surface area contributed by atoms with Crippen LogP contribution in [-0.2, 0) is 0 Å². The summed E-state index contributed by atoms with van der Waals surface area (Å²) in [4.78, 5) is 2.39. The highest BCUT2D eigenvalue weighted by molar-refractivity contribution is 5.49. The maximum Gasteiger partial charge on any atom is 0.119 e. The standard InChI is InChI=1S/C15H23NO2/c1-15(2)11-16(9-8-12(15)10-17)13-4-6-14(18-3)7-5-13/h4-7,12,17H,8-11H2,1-3H3. The normalized spacial score (nSPS) is 22.9. The molecule has 1 fully saturated rings. The fourth-order valence-corrected chi connectivity index (χ4v) is 2.75. The molecule has 0 radical (unpaired) electrons. The summed E-state index contributed by atoms with van der Waals surface area (Å²) >= 11 is 0. The molecular formula is C15H23NO2. The molecule has 1 aliphatic heterocycles. The molecule has 0 bridgehead atoms. The Morgan fingerprint density at radius 1 is 1.33 bits per heavy atom. The molecule has 1 unspecified atom stereocenters. The molecule has 0 amide bonds. The quantitative estimate of drug-likeness (QED) is 0.893. The predicted octanol–water partition coefficient (Wildman–Crippen LogP) is 2.54. The topological polar surface area (TPSA) is 32.7 Å². The van der Waals surface area contributed by atoms with Crippen LogP contribution < -0.4 is 9.64 Å². The van der Waals surface area contributed by atoms with Crippen molar-refractivity contribution in [3.63, 3.8) is 0 Å². The van der Waals surface area contributed by atoms with Crippen molar-refractivity contribution in [1.82, 2.24) is 0 Å². The van der Waals surface area contributed by atoms with Gasteiger partial charge in [-0.15, -0.1) is 0 Å². The van der Waals surface area contributed by atoms with Crippen LogP contribution in [0.25, 0.3) is 0 Å². The third-order valence-corrected chi connectivity index (χ3v) is 4.11. The zero-order valence-electron chi connectivity index (χ0n) is 11.5. The Morgan fingerprint density at radius 2 is 2.00 bits per heavy atom. The average molecular weight is 249 g/mol. The minimum Gasteiger partial charge on any atom is -0.497 e. The zero-order chi connectivity index (χ0) is 13.2. The largest absolute Gasteiger partial charge is 0.497 e. The van der Waals surface area contributed by atoms with Crippen molar-refractivity contribution < 1.29 is 9.84 Å². The highest BCUT2D eigenvalue weighted by Crippen LogP contribution is 2.36. The molecule has 3 nitrogen and oxygen atoms in total. The average Bonchev–Trinajstić information content (AvgIpc) is 2.37. The van der Waals surface area contributed by atoms with E-state index >= 15 is 0 Å². The van der Waals surface area contributed by atoms with Crippen molar-refractivity contribution in [2.75, 3.05) is 31.7 Å². The minimum atomic E-state index is 0.160. The third kappa shape index (κ3) is 2.61. The molecule has 1 N–H and O–H groups in total. The van der Waals surface area contributed by atoms with Crippen molar-refractivity contribution in [3.05, 3.63) is 24.3 Å². The summed E-state index contributed by atoms with van der Waals surface area (Å²) in [6.07, 6.45) is 1.05. The molecular weight excluding hydrogens is 226 g/mol. The minimum absolute atomic E-state index is 0.160. The van der Waals surface area contributed by atoms with E-state index in [1.165, 1.54) is 5.69 Å². The molecule has 0 aromatic heterocycles. The van der Waals surface area contributed by atoms with Crippen LogP contribution in [0.4, 0.5) is 5.69 Å². The molecule has 1 aromatic rings. The lowest BCUT2D eigenvalue weighted by Gasteiger charge is -2.44. The van der Waals surface area contributed by atoms with Crippen LogP contribution in [0.3, 0.4) is 0 Å². The fourth-order valence-electron chi connectivity index (χ4n) is 2.75. The highest BCUT2D eigenvalue weighted by atomic mass is 16.5. The first-order valence-electron chi connectivity index (χ1n) is 6.56. The SMILES string of the molecule is COc1ccc(N2CCC(CO)C(C)(C)C2)cc1. The number of rotatable bonds is 3. The van der Waals surface area contributed by atoms with Crippen LogP contribution in [0.5, 0.6) is 5.75 Å². The number of ether oxygens (including phenoxy) is 1. The Labute approximate surface area is 109 Å². The van der Waals surface area contributed by atoms with Gasteiger partial charge < -0.3 is 14.7 Å². The van der Waals surface area contributed by atoms with E-state index in [2.05, 4.69) is 30.9 Å². The van der Waals surface area contributed by atoms with Gasteiger partial charge in [0.05, 0.1) is 7.11 Å². The third-order valence-electron chi connectivity index (χ3n) is 4.11. The smallest absolute Gasteiger partial charge is 0.119 e. The lowest BCUT2D eigenvalue weighted by Crippen LogP contribution is -2.47. The number of hydrogen-bond acceptors (Lipinski definition) is 3. The van der Waals surface area contributed by atoms with Gasteiger partial charge in [0.1, 0.15) is 5.75 Å². The van der Waals surface area contributed by atoms with E-state index < -0.39 is 0 Å². The number of aliphatic hydroxyl groups excluding tert-OH is 1. The number of hydrogen-bond donors (Lipinski definition) is 1. The second-order valence-corrected chi connectivity index (χ2v) is 5.78. The first-order valence-corrected chi connectivity index (χ1v) is 6.56. The number of benzene rings is 1. The first-order chi connectivity index (χ1) is 8.56. The van der Waals surface area contributed by atoms with E-state index in [1.807, 2.05) is 12.1 Å². The Bertz CT molecular complexity index is 386. The molecule has 0 aliphatic carbocycles. The Morgan fingerprint density at radius 3 is 2.50 bits per heavy atom. The second kappa shape index (κ2) is 5.19. The number of aliphatic hydroxyl groups is 1. The number of nitrogens with zero attached hydrogens (tertiary/aromatic N) is 1. The Kier molecular flexibility index (Phi) is 3.81.